The topological polar surface area (TPSA) is 60.9 Å². The molecule has 0 aromatic heterocycles. The lowest BCUT2D eigenvalue weighted by Crippen LogP contribution is -2.35. The smallest absolute Gasteiger partial charge is 0.295 e. The standard InChI is InChI=1S/C21H21FN2O3/c1-23(2)11-12-24-18(15-9-6-10-16(22)13-15)17(20(26)21(24)27)19(25)14-7-4-3-5-8-14/h3-10,13,18,25H,11-12H2,1-2H3/b19-17+. The highest BCUT2D eigenvalue weighted by molar-refractivity contribution is 6.46. The Hall–Kier alpha value is -2.99. The molecule has 3 rings (SSSR count). The van der Waals surface area contributed by atoms with Crippen molar-refractivity contribution in [3.8, 4) is 0 Å². The first-order valence-electron chi connectivity index (χ1n) is 8.64. The van der Waals surface area contributed by atoms with E-state index in [9.17, 15) is 19.1 Å². The van der Waals surface area contributed by atoms with Crippen LogP contribution in [0.5, 0.6) is 0 Å². The minimum Gasteiger partial charge on any atom is -0.507 e. The van der Waals surface area contributed by atoms with Gasteiger partial charge >= 0.3 is 0 Å². The molecule has 1 heterocycles. The molecule has 1 aliphatic rings. The highest BCUT2D eigenvalue weighted by Crippen LogP contribution is 2.39. The molecule has 1 unspecified atom stereocenters. The minimum atomic E-state index is -0.833. The summed E-state index contributed by atoms with van der Waals surface area (Å²) < 4.78 is 13.8. The van der Waals surface area contributed by atoms with Crippen LogP contribution in [0, 0.1) is 5.82 Å². The van der Waals surface area contributed by atoms with E-state index in [1.54, 1.807) is 36.4 Å². The second-order valence-electron chi connectivity index (χ2n) is 6.72. The van der Waals surface area contributed by atoms with Gasteiger partial charge in [-0.1, -0.05) is 42.5 Å². The van der Waals surface area contributed by atoms with Crippen LogP contribution in [-0.2, 0) is 9.59 Å². The Morgan fingerprint density at radius 3 is 2.44 bits per heavy atom. The Kier molecular flexibility index (Phi) is 5.37. The molecule has 0 aliphatic carbocycles. The highest BCUT2D eigenvalue weighted by atomic mass is 19.1. The maximum Gasteiger partial charge on any atom is 0.295 e. The molecule has 1 N–H and O–H groups in total. The van der Waals surface area contributed by atoms with Crippen LogP contribution in [0.3, 0.4) is 0 Å². The van der Waals surface area contributed by atoms with Crippen LogP contribution in [0.1, 0.15) is 17.2 Å². The average molecular weight is 368 g/mol. The summed E-state index contributed by atoms with van der Waals surface area (Å²) in [7, 11) is 3.72. The summed E-state index contributed by atoms with van der Waals surface area (Å²) in [5, 5.41) is 10.8. The highest BCUT2D eigenvalue weighted by Gasteiger charge is 2.45. The van der Waals surface area contributed by atoms with Crippen LogP contribution in [-0.4, -0.2) is 53.8 Å². The molecule has 1 aliphatic heterocycles. The van der Waals surface area contributed by atoms with Gasteiger partial charge in [-0.2, -0.15) is 0 Å². The molecule has 1 saturated heterocycles. The normalized spacial score (nSPS) is 19.1. The van der Waals surface area contributed by atoms with Crippen molar-refractivity contribution in [2.24, 2.45) is 0 Å². The number of halogens is 1. The number of carbonyl (C=O) groups is 2. The molecule has 0 bridgehead atoms. The van der Waals surface area contributed by atoms with Gasteiger partial charge in [0.1, 0.15) is 11.6 Å². The monoisotopic (exact) mass is 368 g/mol. The Bertz CT molecular complexity index is 893. The van der Waals surface area contributed by atoms with Crippen molar-refractivity contribution < 1.29 is 19.1 Å². The molecule has 1 fully saturated rings. The summed E-state index contributed by atoms with van der Waals surface area (Å²) in [5.41, 5.74) is 0.866. The predicted octanol–water partition coefficient (Wildman–Crippen LogP) is 2.81. The van der Waals surface area contributed by atoms with E-state index in [0.717, 1.165) is 0 Å². The molecule has 27 heavy (non-hydrogen) atoms. The van der Waals surface area contributed by atoms with Gasteiger partial charge in [-0.3, -0.25) is 9.59 Å². The number of amides is 1. The van der Waals surface area contributed by atoms with Crippen molar-refractivity contribution in [3.05, 3.63) is 77.1 Å². The average Bonchev–Trinajstić information content (AvgIpc) is 2.91. The molecule has 0 spiro atoms. The van der Waals surface area contributed by atoms with E-state index in [1.165, 1.54) is 23.1 Å². The molecule has 2 aromatic carbocycles. The summed E-state index contributed by atoms with van der Waals surface area (Å²) in [6.07, 6.45) is 0. The number of likely N-dealkylation sites (tertiary alicyclic amines) is 1. The fraction of sp³-hybridized carbons (Fsp3) is 0.238. The van der Waals surface area contributed by atoms with E-state index in [2.05, 4.69) is 0 Å². The molecule has 1 atom stereocenters. The van der Waals surface area contributed by atoms with E-state index in [4.69, 9.17) is 0 Å². The van der Waals surface area contributed by atoms with Gasteiger partial charge in [0.05, 0.1) is 11.6 Å². The third-order valence-electron chi connectivity index (χ3n) is 4.54. The van der Waals surface area contributed by atoms with Gasteiger partial charge in [0, 0.05) is 18.7 Å². The Morgan fingerprint density at radius 2 is 1.81 bits per heavy atom. The predicted molar refractivity (Wildman–Crippen MR) is 100 cm³/mol. The van der Waals surface area contributed by atoms with Gasteiger partial charge in [-0.25, -0.2) is 4.39 Å². The van der Waals surface area contributed by atoms with Gasteiger partial charge in [0.15, 0.2) is 0 Å². The van der Waals surface area contributed by atoms with Gasteiger partial charge in [-0.15, -0.1) is 0 Å². The third-order valence-corrected chi connectivity index (χ3v) is 4.54. The first-order valence-corrected chi connectivity index (χ1v) is 8.64. The third kappa shape index (κ3) is 3.75. The van der Waals surface area contributed by atoms with Crippen molar-refractivity contribution in [2.45, 2.75) is 6.04 Å². The van der Waals surface area contributed by atoms with Crippen LogP contribution >= 0.6 is 0 Å². The molecule has 0 radical (unpaired) electrons. The number of rotatable bonds is 5. The van der Waals surface area contributed by atoms with E-state index >= 15 is 0 Å². The number of likely N-dealkylation sites (N-methyl/N-ethyl adjacent to an activating group) is 1. The summed E-state index contributed by atoms with van der Waals surface area (Å²) in [5.74, 6) is -2.17. The molecular weight excluding hydrogens is 347 g/mol. The number of carbonyl (C=O) groups excluding carboxylic acids is 2. The SMILES string of the molecule is CN(C)CCN1C(=O)C(=O)/C(=C(/O)c2ccccc2)C1c1cccc(F)c1. The van der Waals surface area contributed by atoms with E-state index in [-0.39, 0.29) is 17.9 Å². The quantitative estimate of drug-likeness (QED) is 0.501. The maximum absolute atomic E-state index is 13.8. The van der Waals surface area contributed by atoms with Gasteiger partial charge < -0.3 is 14.9 Å². The Labute approximate surface area is 157 Å². The van der Waals surface area contributed by atoms with Crippen molar-refractivity contribution in [3.63, 3.8) is 0 Å². The van der Waals surface area contributed by atoms with Crippen LogP contribution in [0.2, 0.25) is 0 Å². The van der Waals surface area contributed by atoms with Crippen molar-refractivity contribution >= 4 is 17.4 Å². The van der Waals surface area contributed by atoms with E-state index in [0.29, 0.717) is 17.7 Å². The zero-order valence-corrected chi connectivity index (χ0v) is 15.2. The number of benzene rings is 2. The number of nitrogens with zero attached hydrogens (tertiary/aromatic N) is 2. The Morgan fingerprint density at radius 1 is 1.11 bits per heavy atom. The summed E-state index contributed by atoms with van der Waals surface area (Å²) >= 11 is 0. The molecule has 5 nitrogen and oxygen atoms in total. The summed E-state index contributed by atoms with van der Waals surface area (Å²) in [6.45, 7) is 0.814. The second kappa shape index (κ2) is 7.72. The van der Waals surface area contributed by atoms with Crippen LogP contribution < -0.4 is 0 Å². The lowest BCUT2D eigenvalue weighted by atomic mass is 9.95. The lowest BCUT2D eigenvalue weighted by Gasteiger charge is -2.26. The van der Waals surface area contributed by atoms with Crippen LogP contribution in [0.25, 0.3) is 5.76 Å². The molecule has 140 valence electrons. The zero-order valence-electron chi connectivity index (χ0n) is 15.2. The minimum absolute atomic E-state index is 0.0180. The van der Waals surface area contributed by atoms with Crippen molar-refractivity contribution in [1.82, 2.24) is 9.80 Å². The fourth-order valence-electron chi connectivity index (χ4n) is 3.19. The van der Waals surface area contributed by atoms with E-state index < -0.39 is 23.5 Å². The molecular formula is C21H21FN2O3. The summed E-state index contributed by atoms with van der Waals surface area (Å²) in [6, 6.07) is 13.5. The first kappa shape index (κ1) is 18.8. The van der Waals surface area contributed by atoms with Gasteiger partial charge in [0.2, 0.25) is 0 Å². The van der Waals surface area contributed by atoms with Gasteiger partial charge in [0.25, 0.3) is 11.7 Å². The maximum atomic E-state index is 13.8. The van der Waals surface area contributed by atoms with Crippen LogP contribution in [0.4, 0.5) is 4.39 Å². The number of hydrogen-bond donors (Lipinski definition) is 1. The number of ketones is 1. The van der Waals surface area contributed by atoms with Crippen molar-refractivity contribution in [2.75, 3.05) is 27.2 Å². The largest absolute Gasteiger partial charge is 0.507 e. The zero-order chi connectivity index (χ0) is 19.6. The van der Waals surface area contributed by atoms with Crippen molar-refractivity contribution in [1.29, 1.82) is 0 Å². The van der Waals surface area contributed by atoms with E-state index in [1.807, 2.05) is 19.0 Å². The number of aliphatic hydroxyl groups is 1. The molecule has 6 heteroatoms. The number of aliphatic hydroxyl groups excluding tert-OH is 1. The Balaban J connectivity index is 2.15. The summed E-state index contributed by atoms with van der Waals surface area (Å²) in [4.78, 5) is 28.7. The number of hydrogen-bond acceptors (Lipinski definition) is 4. The molecule has 2 aromatic rings. The lowest BCUT2D eigenvalue weighted by molar-refractivity contribution is -0.140. The fourth-order valence-corrected chi connectivity index (χ4v) is 3.19. The van der Waals surface area contributed by atoms with Gasteiger partial charge in [-0.05, 0) is 31.8 Å². The first-order chi connectivity index (χ1) is 12.9. The molecule has 0 saturated carbocycles. The molecule has 1 amide bonds. The van der Waals surface area contributed by atoms with Crippen LogP contribution in [0.15, 0.2) is 60.2 Å². The number of Topliss-reactive ketones (excluding diaryl/α,β-unsaturated/α-hetero) is 1. The second-order valence-corrected chi connectivity index (χ2v) is 6.72.